The second kappa shape index (κ2) is 7.80. The zero-order valence-electron chi connectivity index (χ0n) is 14.2. The maximum Gasteiger partial charge on any atom is 0.205 e. The molecule has 2 aromatic carbocycles. The van der Waals surface area contributed by atoms with Gasteiger partial charge in [0.25, 0.3) is 0 Å². The molecule has 6 heteroatoms. The Morgan fingerprint density at radius 1 is 1.08 bits per heavy atom. The van der Waals surface area contributed by atoms with E-state index in [9.17, 15) is 0 Å². The molecule has 0 radical (unpaired) electrons. The molecule has 1 aromatic heterocycles. The highest BCUT2D eigenvalue weighted by atomic mass is 79.9. The van der Waals surface area contributed by atoms with E-state index in [0.29, 0.717) is 0 Å². The van der Waals surface area contributed by atoms with Crippen LogP contribution in [0.1, 0.15) is 12.5 Å². The van der Waals surface area contributed by atoms with Crippen molar-refractivity contribution in [3.63, 3.8) is 0 Å². The number of nitrogens with zero attached hydrogens (tertiary/aromatic N) is 3. The average Bonchev–Trinajstić information content (AvgIpc) is 3.05. The second-order valence-corrected chi connectivity index (χ2v) is 7.11. The van der Waals surface area contributed by atoms with Crippen molar-refractivity contribution < 1.29 is 4.74 Å². The Morgan fingerprint density at radius 3 is 2.36 bits per heavy atom. The molecule has 0 aliphatic heterocycles. The van der Waals surface area contributed by atoms with Gasteiger partial charge in [-0.15, -0.1) is 11.3 Å². The fourth-order valence-electron chi connectivity index (χ4n) is 2.41. The third-order valence-corrected chi connectivity index (χ3v) is 5.21. The molecule has 1 heterocycles. The third kappa shape index (κ3) is 3.91. The topological polar surface area (TPSA) is 38.9 Å². The lowest BCUT2D eigenvalue weighted by molar-refractivity contribution is 0.415. The highest BCUT2D eigenvalue weighted by molar-refractivity contribution is 9.10. The second-order valence-electron chi connectivity index (χ2n) is 5.36. The van der Waals surface area contributed by atoms with Crippen LogP contribution in [0.2, 0.25) is 0 Å². The van der Waals surface area contributed by atoms with Gasteiger partial charge in [-0.2, -0.15) is 5.10 Å². The smallest absolute Gasteiger partial charge is 0.205 e. The normalized spacial score (nSPS) is 12.5. The third-order valence-electron chi connectivity index (χ3n) is 3.77. The Kier molecular flexibility index (Phi) is 5.50. The van der Waals surface area contributed by atoms with Crippen LogP contribution in [0.3, 0.4) is 0 Å². The monoisotopic (exact) mass is 415 g/mol. The summed E-state index contributed by atoms with van der Waals surface area (Å²) in [6, 6.07) is 16.1. The van der Waals surface area contributed by atoms with Crippen molar-refractivity contribution in [2.24, 2.45) is 10.1 Å². The Labute approximate surface area is 159 Å². The minimum atomic E-state index is 0.833. The number of rotatable bonds is 4. The molecule has 4 nitrogen and oxygen atoms in total. The van der Waals surface area contributed by atoms with Gasteiger partial charge in [-0.25, -0.2) is 4.68 Å². The fraction of sp³-hybridized carbons (Fsp3) is 0.158. The molecule has 0 amide bonds. The molecule has 0 N–H and O–H groups in total. The van der Waals surface area contributed by atoms with E-state index in [2.05, 4.69) is 38.4 Å². The standard InChI is InChI=1S/C19H18BrN3OS/c1-13(14-6-10-17(24-3)11-7-14)22-23-18(12-25-19(23)21-2)15-4-8-16(20)9-5-15/h4-12H,1-3H3. The molecule has 0 atom stereocenters. The van der Waals surface area contributed by atoms with Gasteiger partial charge in [0.15, 0.2) is 0 Å². The maximum absolute atomic E-state index is 5.22. The van der Waals surface area contributed by atoms with Gasteiger partial charge in [-0.05, 0) is 48.9 Å². The summed E-state index contributed by atoms with van der Waals surface area (Å²) in [6.07, 6.45) is 0. The zero-order valence-corrected chi connectivity index (χ0v) is 16.6. The van der Waals surface area contributed by atoms with E-state index in [-0.39, 0.29) is 0 Å². The van der Waals surface area contributed by atoms with Crippen LogP contribution in [-0.2, 0) is 0 Å². The van der Waals surface area contributed by atoms with Crippen molar-refractivity contribution in [2.45, 2.75) is 6.92 Å². The first-order valence-corrected chi connectivity index (χ1v) is 9.39. The first-order valence-electron chi connectivity index (χ1n) is 7.71. The highest BCUT2D eigenvalue weighted by Gasteiger charge is 2.08. The number of benzene rings is 2. The molecule has 3 aromatic rings. The van der Waals surface area contributed by atoms with Crippen molar-refractivity contribution in [3.05, 3.63) is 68.7 Å². The lowest BCUT2D eigenvalue weighted by Crippen LogP contribution is -2.13. The first kappa shape index (κ1) is 17.6. The highest BCUT2D eigenvalue weighted by Crippen LogP contribution is 2.23. The summed E-state index contributed by atoms with van der Waals surface area (Å²) < 4.78 is 8.16. The van der Waals surface area contributed by atoms with E-state index >= 15 is 0 Å². The van der Waals surface area contributed by atoms with Gasteiger partial charge in [-0.1, -0.05) is 28.1 Å². The van der Waals surface area contributed by atoms with Crippen molar-refractivity contribution in [3.8, 4) is 17.0 Å². The van der Waals surface area contributed by atoms with E-state index in [4.69, 9.17) is 9.84 Å². The minimum Gasteiger partial charge on any atom is -0.497 e. The summed E-state index contributed by atoms with van der Waals surface area (Å²) >= 11 is 5.05. The summed E-state index contributed by atoms with van der Waals surface area (Å²) in [7, 11) is 3.45. The first-order chi connectivity index (χ1) is 12.1. The molecule has 0 saturated heterocycles. The number of halogens is 1. The molecular formula is C19H18BrN3OS. The van der Waals surface area contributed by atoms with Crippen LogP contribution in [0, 0.1) is 0 Å². The van der Waals surface area contributed by atoms with Gasteiger partial charge < -0.3 is 4.74 Å². The van der Waals surface area contributed by atoms with Crippen LogP contribution >= 0.6 is 27.3 Å². The molecule has 128 valence electrons. The van der Waals surface area contributed by atoms with Crippen LogP contribution in [0.15, 0.2) is 68.5 Å². The number of thiazole rings is 1. The summed E-state index contributed by atoms with van der Waals surface area (Å²) in [4.78, 5) is 5.21. The largest absolute Gasteiger partial charge is 0.497 e. The predicted octanol–water partition coefficient (Wildman–Crippen LogP) is 4.79. The molecular weight excluding hydrogens is 398 g/mol. The van der Waals surface area contributed by atoms with Crippen molar-refractivity contribution >= 4 is 33.0 Å². The number of hydrogen-bond acceptors (Lipinski definition) is 4. The molecule has 0 unspecified atom stereocenters. The van der Waals surface area contributed by atoms with Crippen LogP contribution in [0.5, 0.6) is 5.75 Å². The lowest BCUT2D eigenvalue weighted by atomic mass is 10.1. The Bertz CT molecular complexity index is 954. The number of methoxy groups -OCH3 is 1. The number of aromatic nitrogens is 1. The van der Waals surface area contributed by atoms with Crippen molar-refractivity contribution in [1.82, 2.24) is 4.68 Å². The van der Waals surface area contributed by atoms with Gasteiger partial charge in [0.05, 0.1) is 18.5 Å². The summed E-state index contributed by atoms with van der Waals surface area (Å²) in [5.41, 5.74) is 4.07. The van der Waals surface area contributed by atoms with Crippen LogP contribution in [-0.4, -0.2) is 24.5 Å². The molecule has 3 rings (SSSR count). The Balaban J connectivity index is 2.06. The lowest BCUT2D eigenvalue weighted by Gasteiger charge is -2.07. The molecule has 0 aliphatic rings. The van der Waals surface area contributed by atoms with Gasteiger partial charge in [-0.3, -0.25) is 4.99 Å². The summed E-state index contributed by atoms with van der Waals surface area (Å²) in [5, 5.41) is 6.89. The minimum absolute atomic E-state index is 0.833. The molecule has 0 saturated carbocycles. The van der Waals surface area contributed by atoms with E-state index in [1.165, 1.54) is 0 Å². The fourth-order valence-corrected chi connectivity index (χ4v) is 3.47. The summed E-state index contributed by atoms with van der Waals surface area (Å²) in [6.45, 7) is 2.00. The molecule has 0 aliphatic carbocycles. The van der Waals surface area contributed by atoms with Crippen LogP contribution in [0.25, 0.3) is 11.3 Å². The summed E-state index contributed by atoms with van der Waals surface area (Å²) in [5.74, 6) is 0.833. The zero-order chi connectivity index (χ0) is 17.8. The maximum atomic E-state index is 5.22. The van der Waals surface area contributed by atoms with Gasteiger partial charge >= 0.3 is 0 Å². The van der Waals surface area contributed by atoms with Gasteiger partial charge in [0.2, 0.25) is 4.80 Å². The quantitative estimate of drug-likeness (QED) is 0.564. The Morgan fingerprint density at radius 2 is 1.76 bits per heavy atom. The van der Waals surface area contributed by atoms with Gasteiger partial charge in [0, 0.05) is 22.5 Å². The van der Waals surface area contributed by atoms with Crippen molar-refractivity contribution in [2.75, 3.05) is 14.2 Å². The predicted molar refractivity (Wildman–Crippen MR) is 108 cm³/mol. The number of hydrogen-bond donors (Lipinski definition) is 0. The van der Waals surface area contributed by atoms with Crippen LogP contribution < -0.4 is 9.54 Å². The van der Waals surface area contributed by atoms with Crippen molar-refractivity contribution in [1.29, 1.82) is 0 Å². The van der Waals surface area contributed by atoms with E-state index < -0.39 is 0 Å². The van der Waals surface area contributed by atoms with Gasteiger partial charge in [0.1, 0.15) is 5.75 Å². The number of ether oxygens (including phenoxy) is 1. The SMILES string of the molecule is CN=c1scc(-c2ccc(Br)cc2)n1N=C(C)c1ccc(OC)cc1. The molecule has 0 fully saturated rings. The van der Waals surface area contributed by atoms with Crippen LogP contribution in [0.4, 0.5) is 0 Å². The van der Waals surface area contributed by atoms with E-state index in [1.807, 2.05) is 48.0 Å². The van der Waals surface area contributed by atoms with E-state index in [1.54, 1.807) is 25.5 Å². The Hall–Kier alpha value is -2.18. The average molecular weight is 416 g/mol. The van der Waals surface area contributed by atoms with E-state index in [0.717, 1.165) is 37.6 Å². The molecule has 0 bridgehead atoms. The molecule has 25 heavy (non-hydrogen) atoms. The molecule has 0 spiro atoms.